The molecule has 0 bridgehead atoms. The molecule has 0 radical (unpaired) electrons. The number of carbonyl (C=O) groups is 2. The van der Waals surface area contributed by atoms with E-state index in [-0.39, 0.29) is 11.7 Å². The first-order chi connectivity index (χ1) is 17.4. The van der Waals surface area contributed by atoms with Crippen molar-refractivity contribution in [2.45, 2.75) is 39.3 Å². The Morgan fingerprint density at radius 1 is 0.972 bits per heavy atom. The van der Waals surface area contributed by atoms with Gasteiger partial charge in [-0.1, -0.05) is 62.4 Å². The van der Waals surface area contributed by atoms with Gasteiger partial charge in [-0.25, -0.2) is 9.78 Å². The van der Waals surface area contributed by atoms with E-state index in [2.05, 4.69) is 48.0 Å². The van der Waals surface area contributed by atoms with Crippen LogP contribution in [0, 0.1) is 5.92 Å². The molecule has 0 amide bonds. The van der Waals surface area contributed by atoms with Crippen molar-refractivity contribution in [3.05, 3.63) is 77.6 Å². The van der Waals surface area contributed by atoms with Crippen LogP contribution in [0.1, 0.15) is 42.0 Å². The number of fused-ring (bicyclic) bond motifs is 3. The van der Waals surface area contributed by atoms with E-state index >= 15 is 0 Å². The van der Waals surface area contributed by atoms with Crippen LogP contribution in [-0.4, -0.2) is 48.3 Å². The van der Waals surface area contributed by atoms with E-state index in [1.54, 1.807) is 0 Å². The van der Waals surface area contributed by atoms with Crippen LogP contribution >= 0.6 is 0 Å². The lowest BCUT2D eigenvalue weighted by molar-refractivity contribution is -0.143. The minimum Gasteiger partial charge on any atom is -0.468 e. The van der Waals surface area contributed by atoms with Crippen LogP contribution < -0.4 is 5.32 Å². The number of nitrogens with zero attached hydrogens (tertiary/aromatic N) is 2. The van der Waals surface area contributed by atoms with Crippen molar-refractivity contribution in [3.63, 3.8) is 0 Å². The van der Waals surface area contributed by atoms with Crippen LogP contribution in [0.2, 0.25) is 0 Å². The molecule has 2 heterocycles. The first-order valence-electron chi connectivity index (χ1n) is 12.3. The zero-order valence-electron chi connectivity index (χ0n) is 21.3. The van der Waals surface area contributed by atoms with E-state index in [1.165, 1.54) is 19.8 Å². The Hall–Kier alpha value is -3.71. The molecular formula is C29H33N3O4. The van der Waals surface area contributed by atoms with Crippen LogP contribution in [0.25, 0.3) is 21.8 Å². The third-order valence-corrected chi connectivity index (χ3v) is 6.34. The standard InChI is InChI=1S/C29H33N3O4/c1-19(2)16-24(28(33)35-3)30-15-14-23-27-22(17-25(31-23)29(34)36-4)21-12-8-9-13-26(21)32(27)18-20-10-6-5-7-11-20/h5-13,17,19,24,30H,14-16,18H2,1-4H3/t24-/m0/s1. The summed E-state index contributed by atoms with van der Waals surface area (Å²) in [7, 11) is 2.77. The van der Waals surface area contributed by atoms with E-state index < -0.39 is 12.0 Å². The summed E-state index contributed by atoms with van der Waals surface area (Å²) in [6, 6.07) is 19.9. The molecule has 7 heteroatoms. The maximum absolute atomic E-state index is 12.5. The van der Waals surface area contributed by atoms with Gasteiger partial charge in [0.2, 0.25) is 0 Å². The topological polar surface area (TPSA) is 82.5 Å². The molecule has 1 atom stereocenters. The molecule has 2 aromatic heterocycles. The molecule has 7 nitrogen and oxygen atoms in total. The van der Waals surface area contributed by atoms with Crippen LogP contribution in [0.4, 0.5) is 0 Å². The molecule has 0 aliphatic heterocycles. The molecule has 0 saturated carbocycles. The van der Waals surface area contributed by atoms with E-state index in [4.69, 9.17) is 14.5 Å². The number of para-hydroxylation sites is 1. The molecule has 0 unspecified atom stereocenters. The van der Waals surface area contributed by atoms with Gasteiger partial charge in [0.25, 0.3) is 0 Å². The van der Waals surface area contributed by atoms with Crippen LogP contribution in [-0.2, 0) is 27.2 Å². The van der Waals surface area contributed by atoms with Crippen molar-refractivity contribution >= 4 is 33.7 Å². The molecule has 4 aromatic rings. The van der Waals surface area contributed by atoms with Gasteiger partial charge in [0, 0.05) is 35.8 Å². The number of pyridine rings is 1. The highest BCUT2D eigenvalue weighted by Gasteiger charge is 2.22. The fourth-order valence-corrected chi connectivity index (χ4v) is 4.71. The number of aromatic nitrogens is 2. The highest BCUT2D eigenvalue weighted by molar-refractivity contribution is 6.10. The van der Waals surface area contributed by atoms with Crippen LogP contribution in [0.5, 0.6) is 0 Å². The number of carbonyl (C=O) groups excluding carboxylic acids is 2. The Labute approximate surface area is 211 Å². The average molecular weight is 488 g/mol. The second-order valence-electron chi connectivity index (χ2n) is 9.34. The highest BCUT2D eigenvalue weighted by Crippen LogP contribution is 2.32. The van der Waals surface area contributed by atoms with Crippen molar-refractivity contribution in [1.82, 2.24) is 14.9 Å². The number of ether oxygens (including phenoxy) is 2. The van der Waals surface area contributed by atoms with Gasteiger partial charge in [-0.3, -0.25) is 4.79 Å². The predicted molar refractivity (Wildman–Crippen MR) is 141 cm³/mol. The number of esters is 2. The predicted octanol–water partition coefficient (Wildman–Crippen LogP) is 4.74. The van der Waals surface area contributed by atoms with Gasteiger partial charge in [-0.15, -0.1) is 0 Å². The van der Waals surface area contributed by atoms with E-state index in [0.717, 1.165) is 27.5 Å². The van der Waals surface area contributed by atoms with Crippen molar-refractivity contribution in [2.75, 3.05) is 20.8 Å². The van der Waals surface area contributed by atoms with Crippen molar-refractivity contribution in [2.24, 2.45) is 5.92 Å². The number of methoxy groups -OCH3 is 2. The zero-order valence-corrected chi connectivity index (χ0v) is 21.3. The highest BCUT2D eigenvalue weighted by atomic mass is 16.5. The van der Waals surface area contributed by atoms with Gasteiger partial charge in [0.05, 0.1) is 25.4 Å². The fraction of sp³-hybridized carbons (Fsp3) is 0.345. The van der Waals surface area contributed by atoms with Crippen molar-refractivity contribution in [3.8, 4) is 0 Å². The summed E-state index contributed by atoms with van der Waals surface area (Å²) in [6.45, 7) is 5.32. The Morgan fingerprint density at radius 3 is 2.39 bits per heavy atom. The van der Waals surface area contributed by atoms with Crippen molar-refractivity contribution in [1.29, 1.82) is 0 Å². The molecule has 0 spiro atoms. The number of hydrogen-bond acceptors (Lipinski definition) is 6. The second-order valence-corrected chi connectivity index (χ2v) is 9.34. The lowest BCUT2D eigenvalue weighted by Crippen LogP contribution is -2.39. The summed E-state index contributed by atoms with van der Waals surface area (Å²) in [4.78, 5) is 29.5. The maximum atomic E-state index is 12.5. The van der Waals surface area contributed by atoms with Crippen LogP contribution in [0.15, 0.2) is 60.7 Å². The Balaban J connectivity index is 1.79. The van der Waals surface area contributed by atoms with Gasteiger partial charge in [0.15, 0.2) is 0 Å². The second kappa shape index (κ2) is 11.4. The van der Waals surface area contributed by atoms with Gasteiger partial charge in [0.1, 0.15) is 11.7 Å². The third-order valence-electron chi connectivity index (χ3n) is 6.34. The lowest BCUT2D eigenvalue weighted by atomic mass is 10.0. The molecule has 0 aliphatic rings. The number of benzene rings is 2. The summed E-state index contributed by atoms with van der Waals surface area (Å²) in [5.74, 6) is -0.413. The molecule has 1 N–H and O–H groups in total. The summed E-state index contributed by atoms with van der Waals surface area (Å²) in [5, 5.41) is 5.35. The van der Waals surface area contributed by atoms with Crippen molar-refractivity contribution < 1.29 is 19.1 Å². The minimum atomic E-state index is -0.474. The largest absolute Gasteiger partial charge is 0.468 e. The molecule has 36 heavy (non-hydrogen) atoms. The normalized spacial score (nSPS) is 12.2. The maximum Gasteiger partial charge on any atom is 0.356 e. The fourth-order valence-electron chi connectivity index (χ4n) is 4.71. The van der Waals surface area contributed by atoms with Gasteiger partial charge in [-0.05, 0) is 30.0 Å². The molecule has 0 saturated heterocycles. The number of rotatable bonds is 10. The smallest absolute Gasteiger partial charge is 0.356 e. The molecule has 2 aromatic carbocycles. The molecule has 188 valence electrons. The quantitative estimate of drug-likeness (QED) is 0.325. The molecule has 0 fully saturated rings. The third kappa shape index (κ3) is 5.41. The summed E-state index contributed by atoms with van der Waals surface area (Å²) in [6.07, 6.45) is 1.20. The number of hydrogen-bond donors (Lipinski definition) is 1. The SMILES string of the molecule is COC(=O)c1cc2c3ccccc3n(Cc3ccccc3)c2c(CCN[C@@H](CC(C)C)C(=O)OC)n1. The van der Waals surface area contributed by atoms with E-state index in [1.807, 2.05) is 36.4 Å². The van der Waals surface area contributed by atoms with Gasteiger partial charge < -0.3 is 19.4 Å². The Morgan fingerprint density at radius 2 is 1.69 bits per heavy atom. The summed E-state index contributed by atoms with van der Waals surface area (Å²) in [5.41, 5.74) is 4.27. The first kappa shape index (κ1) is 25.4. The minimum absolute atomic E-state index is 0.273. The molecule has 0 aliphatic carbocycles. The van der Waals surface area contributed by atoms with E-state index in [0.29, 0.717) is 31.8 Å². The molecular weight excluding hydrogens is 454 g/mol. The first-order valence-corrected chi connectivity index (χ1v) is 12.3. The molecule has 4 rings (SSSR count). The Kier molecular flexibility index (Phi) is 8.00. The number of nitrogens with one attached hydrogen (secondary N) is 1. The lowest BCUT2D eigenvalue weighted by Gasteiger charge is -2.18. The average Bonchev–Trinajstić information content (AvgIpc) is 3.21. The summed E-state index contributed by atoms with van der Waals surface area (Å²) >= 11 is 0. The zero-order chi connectivity index (χ0) is 25.7. The van der Waals surface area contributed by atoms with Gasteiger partial charge >= 0.3 is 11.9 Å². The van der Waals surface area contributed by atoms with Gasteiger partial charge in [-0.2, -0.15) is 0 Å². The summed E-state index contributed by atoms with van der Waals surface area (Å²) < 4.78 is 12.3. The van der Waals surface area contributed by atoms with Crippen LogP contribution in [0.3, 0.4) is 0 Å². The van der Waals surface area contributed by atoms with E-state index in [9.17, 15) is 9.59 Å². The monoisotopic (exact) mass is 487 g/mol. The Bertz CT molecular complexity index is 1360.